The molecule has 150 valence electrons. The zero-order valence-corrected chi connectivity index (χ0v) is 17.5. The fourth-order valence-electron chi connectivity index (χ4n) is 3.58. The monoisotopic (exact) mass is 406 g/mol. The molecular formula is C23H26N4OS. The van der Waals surface area contributed by atoms with Crippen molar-refractivity contribution in [2.24, 2.45) is 0 Å². The fourth-order valence-corrected chi connectivity index (χ4v) is 4.31. The van der Waals surface area contributed by atoms with Crippen LogP contribution in [0.4, 0.5) is 5.13 Å². The van der Waals surface area contributed by atoms with Gasteiger partial charge in [-0.1, -0.05) is 54.1 Å². The number of rotatable bonds is 6. The van der Waals surface area contributed by atoms with E-state index in [1.54, 1.807) is 0 Å². The lowest BCUT2D eigenvalue weighted by atomic mass is 10.1. The number of thiazole rings is 1. The van der Waals surface area contributed by atoms with Gasteiger partial charge in [0.1, 0.15) is 0 Å². The predicted molar refractivity (Wildman–Crippen MR) is 119 cm³/mol. The van der Waals surface area contributed by atoms with Gasteiger partial charge >= 0.3 is 0 Å². The van der Waals surface area contributed by atoms with Crippen LogP contribution in [0.15, 0.2) is 60.0 Å². The molecule has 1 aliphatic heterocycles. The van der Waals surface area contributed by atoms with E-state index in [0.717, 1.165) is 44.0 Å². The molecule has 1 aromatic heterocycles. The molecule has 0 unspecified atom stereocenters. The Hall–Kier alpha value is -2.54. The number of aromatic nitrogens is 1. The lowest BCUT2D eigenvalue weighted by Gasteiger charge is -2.34. The van der Waals surface area contributed by atoms with Crippen LogP contribution >= 0.6 is 11.3 Å². The normalized spacial score (nSPS) is 15.3. The predicted octanol–water partition coefficient (Wildman–Crippen LogP) is 3.87. The Morgan fingerprint density at radius 3 is 2.55 bits per heavy atom. The maximum atomic E-state index is 12.5. The number of carbonyl (C=O) groups excluding carboxylic acids is 1. The minimum atomic E-state index is 0.00616. The third-order valence-corrected chi connectivity index (χ3v) is 5.90. The third-order valence-electron chi connectivity index (χ3n) is 5.15. The van der Waals surface area contributed by atoms with Crippen molar-refractivity contribution in [3.63, 3.8) is 0 Å². The third kappa shape index (κ3) is 5.50. The molecule has 3 aromatic rings. The summed E-state index contributed by atoms with van der Waals surface area (Å²) in [5.41, 5.74) is 4.53. The first kappa shape index (κ1) is 19.8. The minimum absolute atomic E-state index is 0.00616. The average Bonchev–Trinajstić information content (AvgIpc) is 3.19. The van der Waals surface area contributed by atoms with Gasteiger partial charge < -0.3 is 5.32 Å². The van der Waals surface area contributed by atoms with Gasteiger partial charge in [0, 0.05) is 43.7 Å². The van der Waals surface area contributed by atoms with E-state index >= 15 is 0 Å². The van der Waals surface area contributed by atoms with Crippen molar-refractivity contribution < 1.29 is 4.79 Å². The largest absolute Gasteiger partial charge is 0.301 e. The standard InChI is InChI=1S/C23H26N4OS/c1-18-6-5-9-20(14-18)21-17-29-23(24-21)25-22(28)16-27-12-10-26(11-13-27)15-19-7-3-2-4-8-19/h2-9,14,17H,10-13,15-16H2,1H3,(H,24,25,28). The van der Waals surface area contributed by atoms with Crippen LogP contribution in [0.5, 0.6) is 0 Å². The number of hydrogen-bond donors (Lipinski definition) is 1. The Bertz CT molecular complexity index is 948. The zero-order valence-electron chi connectivity index (χ0n) is 16.7. The number of piperazine rings is 1. The van der Waals surface area contributed by atoms with Gasteiger partial charge in [-0.2, -0.15) is 0 Å². The summed E-state index contributed by atoms with van der Waals surface area (Å²) >= 11 is 1.47. The topological polar surface area (TPSA) is 48.5 Å². The van der Waals surface area contributed by atoms with E-state index in [9.17, 15) is 4.79 Å². The van der Waals surface area contributed by atoms with Crippen molar-refractivity contribution in [2.75, 3.05) is 38.0 Å². The molecular weight excluding hydrogens is 380 g/mol. The summed E-state index contributed by atoms with van der Waals surface area (Å²) in [6.45, 7) is 7.24. The van der Waals surface area contributed by atoms with Crippen LogP contribution < -0.4 is 5.32 Å². The first-order valence-corrected chi connectivity index (χ1v) is 10.8. The maximum absolute atomic E-state index is 12.5. The van der Waals surface area contributed by atoms with Crippen molar-refractivity contribution in [2.45, 2.75) is 13.5 Å². The Morgan fingerprint density at radius 1 is 1.03 bits per heavy atom. The molecule has 0 spiro atoms. The molecule has 1 saturated heterocycles. The van der Waals surface area contributed by atoms with E-state index in [0.29, 0.717) is 11.7 Å². The summed E-state index contributed by atoms with van der Waals surface area (Å²) in [6.07, 6.45) is 0. The molecule has 1 aliphatic rings. The average molecular weight is 407 g/mol. The Kier molecular flexibility index (Phi) is 6.34. The second kappa shape index (κ2) is 9.31. The number of amides is 1. The van der Waals surface area contributed by atoms with Gasteiger partial charge in [0.25, 0.3) is 0 Å². The van der Waals surface area contributed by atoms with E-state index in [4.69, 9.17) is 0 Å². The van der Waals surface area contributed by atoms with E-state index in [1.165, 1.54) is 22.5 Å². The van der Waals surface area contributed by atoms with Gasteiger partial charge in [0.05, 0.1) is 12.2 Å². The minimum Gasteiger partial charge on any atom is -0.301 e. The molecule has 1 fully saturated rings. The van der Waals surface area contributed by atoms with Gasteiger partial charge in [-0.05, 0) is 18.6 Å². The fraction of sp³-hybridized carbons (Fsp3) is 0.304. The summed E-state index contributed by atoms with van der Waals surface area (Å²) in [6, 6.07) is 18.8. The van der Waals surface area contributed by atoms with Gasteiger partial charge in [-0.25, -0.2) is 4.98 Å². The SMILES string of the molecule is Cc1cccc(-c2csc(NC(=O)CN3CCN(Cc4ccccc4)CC3)n2)c1. The van der Waals surface area contributed by atoms with Crippen LogP contribution in [0, 0.1) is 6.92 Å². The van der Waals surface area contributed by atoms with Crippen LogP contribution in [-0.4, -0.2) is 53.4 Å². The van der Waals surface area contributed by atoms with E-state index < -0.39 is 0 Å². The van der Waals surface area contributed by atoms with Crippen molar-refractivity contribution >= 4 is 22.4 Å². The number of hydrogen-bond acceptors (Lipinski definition) is 5. The lowest BCUT2D eigenvalue weighted by Crippen LogP contribution is -2.48. The van der Waals surface area contributed by atoms with Gasteiger partial charge in [0.15, 0.2) is 5.13 Å². The lowest BCUT2D eigenvalue weighted by molar-refractivity contribution is -0.117. The summed E-state index contributed by atoms with van der Waals surface area (Å²) in [7, 11) is 0. The van der Waals surface area contributed by atoms with E-state index in [2.05, 4.69) is 63.4 Å². The molecule has 0 atom stereocenters. The highest BCUT2D eigenvalue weighted by molar-refractivity contribution is 7.14. The molecule has 1 N–H and O–H groups in total. The quantitative estimate of drug-likeness (QED) is 0.675. The molecule has 0 bridgehead atoms. The maximum Gasteiger partial charge on any atom is 0.240 e. The molecule has 0 radical (unpaired) electrons. The molecule has 5 nitrogen and oxygen atoms in total. The molecule has 4 rings (SSSR count). The highest BCUT2D eigenvalue weighted by atomic mass is 32.1. The summed E-state index contributed by atoms with van der Waals surface area (Å²) in [4.78, 5) is 21.7. The summed E-state index contributed by atoms with van der Waals surface area (Å²) < 4.78 is 0. The second-order valence-corrected chi connectivity index (χ2v) is 8.35. The number of anilines is 1. The van der Waals surface area contributed by atoms with Crippen LogP contribution in [-0.2, 0) is 11.3 Å². The Labute approximate surface area is 176 Å². The molecule has 6 heteroatoms. The smallest absolute Gasteiger partial charge is 0.240 e. The van der Waals surface area contributed by atoms with Crippen LogP contribution in [0.2, 0.25) is 0 Å². The first-order chi connectivity index (χ1) is 14.2. The molecule has 1 amide bonds. The Balaban J connectivity index is 1.24. The first-order valence-electron chi connectivity index (χ1n) is 9.97. The number of nitrogens with zero attached hydrogens (tertiary/aromatic N) is 3. The summed E-state index contributed by atoms with van der Waals surface area (Å²) in [5, 5.41) is 5.61. The molecule has 0 aliphatic carbocycles. The molecule has 2 heterocycles. The summed E-state index contributed by atoms with van der Waals surface area (Å²) in [5.74, 6) is 0.00616. The highest BCUT2D eigenvalue weighted by Crippen LogP contribution is 2.25. The second-order valence-electron chi connectivity index (χ2n) is 7.49. The number of aryl methyl sites for hydroxylation is 1. The van der Waals surface area contributed by atoms with Gasteiger partial charge in [-0.15, -0.1) is 11.3 Å². The van der Waals surface area contributed by atoms with Crippen molar-refractivity contribution in [3.8, 4) is 11.3 Å². The van der Waals surface area contributed by atoms with Crippen LogP contribution in [0.3, 0.4) is 0 Å². The zero-order chi connectivity index (χ0) is 20.1. The van der Waals surface area contributed by atoms with Gasteiger partial charge in [0.2, 0.25) is 5.91 Å². The molecule has 2 aromatic carbocycles. The Morgan fingerprint density at radius 2 is 1.79 bits per heavy atom. The van der Waals surface area contributed by atoms with Crippen LogP contribution in [0.1, 0.15) is 11.1 Å². The number of nitrogens with one attached hydrogen (secondary N) is 1. The highest BCUT2D eigenvalue weighted by Gasteiger charge is 2.19. The molecule has 29 heavy (non-hydrogen) atoms. The van der Waals surface area contributed by atoms with E-state index in [-0.39, 0.29) is 5.91 Å². The van der Waals surface area contributed by atoms with Crippen molar-refractivity contribution in [1.29, 1.82) is 0 Å². The van der Waals surface area contributed by atoms with Crippen molar-refractivity contribution in [3.05, 3.63) is 71.1 Å². The number of carbonyl (C=O) groups is 1. The van der Waals surface area contributed by atoms with E-state index in [1.807, 2.05) is 23.6 Å². The number of benzene rings is 2. The van der Waals surface area contributed by atoms with Crippen LogP contribution in [0.25, 0.3) is 11.3 Å². The van der Waals surface area contributed by atoms with Crippen molar-refractivity contribution in [1.82, 2.24) is 14.8 Å². The molecule has 0 saturated carbocycles. The van der Waals surface area contributed by atoms with Gasteiger partial charge in [-0.3, -0.25) is 14.6 Å².